The van der Waals surface area contributed by atoms with Crippen molar-refractivity contribution in [1.29, 1.82) is 0 Å². The van der Waals surface area contributed by atoms with E-state index in [1.54, 1.807) is 13.8 Å². The van der Waals surface area contributed by atoms with Crippen LogP contribution in [0.1, 0.15) is 39.5 Å². The third kappa shape index (κ3) is 11.8. The van der Waals surface area contributed by atoms with Crippen molar-refractivity contribution < 1.29 is 34.2 Å². The average Bonchev–Trinajstić information content (AvgIpc) is 2.67. The number of thiol groups is 2. The van der Waals surface area contributed by atoms with Crippen molar-refractivity contribution in [3.8, 4) is 0 Å². The van der Waals surface area contributed by atoms with Gasteiger partial charge in [-0.25, -0.2) is 4.79 Å². The van der Waals surface area contributed by atoms with Crippen LogP contribution < -0.4 is 21.7 Å². The summed E-state index contributed by atoms with van der Waals surface area (Å²) in [6, 6.07) is -4.51. The number of carboxylic acid groups (broad SMARTS) is 2. The Hall–Kier alpha value is -1.99. The fourth-order valence-electron chi connectivity index (χ4n) is 2.52. The molecule has 11 nitrogen and oxygen atoms in total. The van der Waals surface area contributed by atoms with Gasteiger partial charge in [0.05, 0.1) is 6.04 Å². The first-order valence-electron chi connectivity index (χ1n) is 9.75. The summed E-state index contributed by atoms with van der Waals surface area (Å²) in [6.07, 6.45) is -0.178. The van der Waals surface area contributed by atoms with Crippen molar-refractivity contribution >= 4 is 54.9 Å². The van der Waals surface area contributed by atoms with Crippen LogP contribution in [0.5, 0.6) is 0 Å². The van der Waals surface area contributed by atoms with Gasteiger partial charge in [0, 0.05) is 12.2 Å². The van der Waals surface area contributed by atoms with Gasteiger partial charge in [-0.3, -0.25) is 19.2 Å². The van der Waals surface area contributed by atoms with E-state index in [1.807, 2.05) is 0 Å². The second-order valence-electron chi connectivity index (χ2n) is 7.39. The molecular formula is C18H32N4O7S2. The number of carbonyl (C=O) groups excluding carboxylic acids is 3. The van der Waals surface area contributed by atoms with Crippen LogP contribution in [0.15, 0.2) is 0 Å². The van der Waals surface area contributed by atoms with E-state index in [2.05, 4.69) is 41.2 Å². The van der Waals surface area contributed by atoms with Gasteiger partial charge in [0.15, 0.2) is 0 Å². The van der Waals surface area contributed by atoms with Gasteiger partial charge < -0.3 is 31.9 Å². The van der Waals surface area contributed by atoms with E-state index >= 15 is 0 Å². The molecule has 13 heteroatoms. The van der Waals surface area contributed by atoms with Crippen molar-refractivity contribution in [2.24, 2.45) is 11.7 Å². The van der Waals surface area contributed by atoms with Gasteiger partial charge >= 0.3 is 11.9 Å². The van der Waals surface area contributed by atoms with Crippen LogP contribution in [0.25, 0.3) is 0 Å². The lowest BCUT2D eigenvalue weighted by molar-refractivity contribution is -0.141. The second kappa shape index (κ2) is 14.9. The van der Waals surface area contributed by atoms with Crippen molar-refractivity contribution in [2.75, 3.05) is 11.5 Å². The van der Waals surface area contributed by atoms with Gasteiger partial charge in [0.1, 0.15) is 18.1 Å². The highest BCUT2D eigenvalue weighted by atomic mass is 32.1. The maximum atomic E-state index is 12.8. The Kier molecular flexibility index (Phi) is 14.0. The smallest absolute Gasteiger partial charge is 0.327 e. The molecule has 178 valence electrons. The molecule has 0 aromatic rings. The summed E-state index contributed by atoms with van der Waals surface area (Å²) in [4.78, 5) is 59.6. The Morgan fingerprint density at radius 3 is 1.81 bits per heavy atom. The van der Waals surface area contributed by atoms with Crippen molar-refractivity contribution in [3.05, 3.63) is 0 Å². The lowest BCUT2D eigenvalue weighted by Crippen LogP contribution is -2.57. The molecule has 0 aliphatic carbocycles. The zero-order valence-electron chi connectivity index (χ0n) is 17.5. The maximum Gasteiger partial charge on any atom is 0.327 e. The molecule has 31 heavy (non-hydrogen) atoms. The molecule has 0 unspecified atom stereocenters. The molecule has 0 aliphatic heterocycles. The highest BCUT2D eigenvalue weighted by Gasteiger charge is 2.30. The minimum absolute atomic E-state index is 0.0359. The number of amides is 3. The summed E-state index contributed by atoms with van der Waals surface area (Å²) in [5, 5.41) is 25.2. The number of nitrogens with one attached hydrogen (secondary N) is 3. The number of hydrogen-bond acceptors (Lipinski definition) is 8. The van der Waals surface area contributed by atoms with Crippen LogP contribution >= 0.6 is 25.3 Å². The largest absolute Gasteiger partial charge is 0.481 e. The molecule has 3 amide bonds. The molecule has 0 heterocycles. The molecule has 0 saturated heterocycles. The molecule has 0 aromatic carbocycles. The molecule has 0 aromatic heterocycles. The van der Waals surface area contributed by atoms with Crippen LogP contribution in [0.3, 0.4) is 0 Å². The third-order valence-corrected chi connectivity index (χ3v) is 4.82. The van der Waals surface area contributed by atoms with E-state index in [1.165, 1.54) is 0 Å². The van der Waals surface area contributed by atoms with Gasteiger partial charge in [0.2, 0.25) is 17.7 Å². The highest BCUT2D eigenvalue weighted by Crippen LogP contribution is 2.08. The molecular weight excluding hydrogens is 448 g/mol. The van der Waals surface area contributed by atoms with Gasteiger partial charge in [-0.15, -0.1) is 0 Å². The van der Waals surface area contributed by atoms with Gasteiger partial charge in [-0.05, 0) is 30.9 Å². The first kappa shape index (κ1) is 29.0. The summed E-state index contributed by atoms with van der Waals surface area (Å²) in [5.74, 6) is -4.43. The van der Waals surface area contributed by atoms with E-state index in [-0.39, 0.29) is 30.9 Å². The fourth-order valence-corrected chi connectivity index (χ4v) is 3.04. The minimum atomic E-state index is -1.28. The first-order valence-corrected chi connectivity index (χ1v) is 11.0. The molecule has 0 fully saturated rings. The summed E-state index contributed by atoms with van der Waals surface area (Å²) in [5.41, 5.74) is 5.71. The van der Waals surface area contributed by atoms with Crippen molar-refractivity contribution in [3.63, 3.8) is 0 Å². The quantitative estimate of drug-likeness (QED) is 0.137. The van der Waals surface area contributed by atoms with Gasteiger partial charge in [-0.2, -0.15) is 25.3 Å². The standard InChI is InChI=1S/C18H32N4O7S2/c1-9(2)7-12(17(27)22-13(8-31)18(28)29)21-16(26)11(3-4-14(23)24)20-15(25)10(19)5-6-30/h9-13,30-31H,3-8,19H2,1-2H3,(H,20,25)(H,21,26)(H,22,27)(H,23,24)(H,28,29)/t10-,11+,12+,13-/m1/s1. The fraction of sp³-hybridized carbons (Fsp3) is 0.722. The van der Waals surface area contributed by atoms with Crippen LogP contribution in [0, 0.1) is 5.92 Å². The van der Waals surface area contributed by atoms with E-state index < -0.39 is 60.2 Å². The number of nitrogens with two attached hydrogens (primary N) is 1. The van der Waals surface area contributed by atoms with E-state index in [9.17, 15) is 24.0 Å². The van der Waals surface area contributed by atoms with Crippen LogP contribution in [-0.4, -0.2) is 75.5 Å². The summed E-state index contributed by atoms with van der Waals surface area (Å²) < 4.78 is 0. The molecule has 7 N–H and O–H groups in total. The van der Waals surface area contributed by atoms with E-state index in [4.69, 9.17) is 15.9 Å². The summed E-state index contributed by atoms with van der Waals surface area (Å²) >= 11 is 7.88. The zero-order chi connectivity index (χ0) is 24.1. The zero-order valence-corrected chi connectivity index (χ0v) is 19.3. The Labute approximate surface area is 192 Å². The number of carbonyl (C=O) groups is 5. The number of rotatable bonds is 15. The Balaban J connectivity index is 5.43. The second-order valence-corrected chi connectivity index (χ2v) is 8.20. The Morgan fingerprint density at radius 1 is 0.839 bits per heavy atom. The third-order valence-electron chi connectivity index (χ3n) is 4.19. The van der Waals surface area contributed by atoms with Crippen LogP contribution in [0.4, 0.5) is 0 Å². The predicted molar refractivity (Wildman–Crippen MR) is 120 cm³/mol. The lowest BCUT2D eigenvalue weighted by Gasteiger charge is -2.25. The van der Waals surface area contributed by atoms with E-state index in [0.29, 0.717) is 5.75 Å². The van der Waals surface area contributed by atoms with Gasteiger partial charge in [-0.1, -0.05) is 13.8 Å². The number of aliphatic carboxylic acids is 2. The Bertz CT molecular complexity index is 648. The predicted octanol–water partition coefficient (Wildman–Crippen LogP) is -0.987. The molecule has 0 bridgehead atoms. The monoisotopic (exact) mass is 480 g/mol. The normalized spacial score (nSPS) is 14.8. The highest BCUT2D eigenvalue weighted by molar-refractivity contribution is 7.80. The molecule has 0 aliphatic rings. The molecule has 4 atom stereocenters. The minimum Gasteiger partial charge on any atom is -0.481 e. The van der Waals surface area contributed by atoms with Gasteiger partial charge in [0.25, 0.3) is 0 Å². The first-order chi connectivity index (χ1) is 14.4. The Morgan fingerprint density at radius 2 is 1.35 bits per heavy atom. The SMILES string of the molecule is CC(C)C[C@H](NC(=O)[C@H](CCC(=O)O)NC(=O)[C@H](N)CCS)C(=O)N[C@H](CS)C(=O)O. The van der Waals surface area contributed by atoms with Crippen LogP contribution in [0.2, 0.25) is 0 Å². The average molecular weight is 481 g/mol. The number of hydrogen-bond donors (Lipinski definition) is 8. The molecule has 0 rings (SSSR count). The summed E-state index contributed by atoms with van der Waals surface area (Å²) in [6.45, 7) is 3.61. The molecule has 0 spiro atoms. The van der Waals surface area contributed by atoms with Crippen molar-refractivity contribution in [1.82, 2.24) is 16.0 Å². The number of carboxylic acids is 2. The van der Waals surface area contributed by atoms with Crippen LogP contribution in [-0.2, 0) is 24.0 Å². The molecule has 0 saturated carbocycles. The maximum absolute atomic E-state index is 12.8. The molecule has 0 radical (unpaired) electrons. The lowest BCUT2D eigenvalue weighted by atomic mass is 10.0. The summed E-state index contributed by atoms with van der Waals surface area (Å²) in [7, 11) is 0. The van der Waals surface area contributed by atoms with Crippen molar-refractivity contribution in [2.45, 2.75) is 63.7 Å². The topological polar surface area (TPSA) is 188 Å². The van der Waals surface area contributed by atoms with E-state index in [0.717, 1.165) is 0 Å².